The summed E-state index contributed by atoms with van der Waals surface area (Å²) in [6.45, 7) is 4.51. The van der Waals surface area contributed by atoms with E-state index in [0.29, 0.717) is 12.0 Å². The lowest BCUT2D eigenvalue weighted by Crippen LogP contribution is -2.42. The van der Waals surface area contributed by atoms with E-state index in [0.717, 1.165) is 12.8 Å². The predicted molar refractivity (Wildman–Crippen MR) is 80.6 cm³/mol. The van der Waals surface area contributed by atoms with Gasteiger partial charge >= 0.3 is 5.97 Å². The maximum atomic E-state index is 11.3. The zero-order valence-corrected chi connectivity index (χ0v) is 12.5. The van der Waals surface area contributed by atoms with Crippen LogP contribution in [0, 0.1) is 5.92 Å². The van der Waals surface area contributed by atoms with Crippen LogP contribution in [0.5, 0.6) is 0 Å². The fourth-order valence-corrected chi connectivity index (χ4v) is 3.46. The van der Waals surface area contributed by atoms with Gasteiger partial charge in [0.15, 0.2) is 0 Å². The van der Waals surface area contributed by atoms with Crippen LogP contribution in [0.15, 0.2) is 30.3 Å². The summed E-state index contributed by atoms with van der Waals surface area (Å²) < 4.78 is 0. The summed E-state index contributed by atoms with van der Waals surface area (Å²) >= 11 is 0. The van der Waals surface area contributed by atoms with Crippen molar-refractivity contribution in [3.05, 3.63) is 35.9 Å². The van der Waals surface area contributed by atoms with Gasteiger partial charge in [-0.2, -0.15) is 0 Å². The summed E-state index contributed by atoms with van der Waals surface area (Å²) in [5.74, 6) is -0.323. The molecule has 0 saturated heterocycles. The third kappa shape index (κ3) is 3.60. The van der Waals surface area contributed by atoms with E-state index >= 15 is 0 Å². The third-order valence-corrected chi connectivity index (χ3v) is 4.24. The number of nitrogens with zero attached hydrogens (tertiary/aromatic N) is 1. The molecule has 0 spiro atoms. The Hall–Kier alpha value is -1.35. The molecule has 1 unspecified atom stereocenters. The largest absolute Gasteiger partial charge is 0.480 e. The summed E-state index contributed by atoms with van der Waals surface area (Å²) in [7, 11) is 0. The molecule has 1 atom stereocenters. The lowest BCUT2D eigenvalue weighted by Gasteiger charge is -2.38. The van der Waals surface area contributed by atoms with Crippen molar-refractivity contribution in [2.24, 2.45) is 5.92 Å². The van der Waals surface area contributed by atoms with Crippen molar-refractivity contribution in [2.45, 2.75) is 51.6 Å². The third-order valence-electron chi connectivity index (χ3n) is 4.24. The van der Waals surface area contributed by atoms with Crippen LogP contribution in [0.1, 0.15) is 51.1 Å². The van der Waals surface area contributed by atoms with Gasteiger partial charge in [0.1, 0.15) is 0 Å². The Kier molecular flexibility index (Phi) is 5.18. The summed E-state index contributed by atoms with van der Waals surface area (Å²) in [5, 5.41) is 9.28. The fraction of sp³-hybridized carbons (Fsp3) is 0.588. The first-order valence-corrected chi connectivity index (χ1v) is 7.62. The Morgan fingerprint density at radius 1 is 1.25 bits per heavy atom. The van der Waals surface area contributed by atoms with Crippen molar-refractivity contribution in [2.75, 3.05) is 6.54 Å². The minimum atomic E-state index is -0.724. The Bertz CT molecular complexity index is 424. The first-order valence-electron chi connectivity index (χ1n) is 7.62. The highest BCUT2D eigenvalue weighted by Crippen LogP contribution is 2.35. The summed E-state index contributed by atoms with van der Waals surface area (Å²) in [6.07, 6.45) is 4.70. The summed E-state index contributed by atoms with van der Waals surface area (Å²) in [6, 6.07) is 10.9. The molecule has 110 valence electrons. The van der Waals surface area contributed by atoms with E-state index in [9.17, 15) is 9.90 Å². The van der Waals surface area contributed by atoms with Crippen LogP contribution in [-0.4, -0.2) is 28.6 Å². The first-order chi connectivity index (χ1) is 9.59. The summed E-state index contributed by atoms with van der Waals surface area (Å²) in [4.78, 5) is 13.5. The lowest BCUT2D eigenvalue weighted by molar-refractivity contribution is -0.140. The molecule has 1 aliphatic carbocycles. The minimum Gasteiger partial charge on any atom is -0.480 e. The van der Waals surface area contributed by atoms with E-state index in [1.807, 2.05) is 18.2 Å². The van der Waals surface area contributed by atoms with Gasteiger partial charge in [-0.05, 0) is 24.3 Å². The van der Waals surface area contributed by atoms with Crippen LogP contribution in [0.3, 0.4) is 0 Å². The highest BCUT2D eigenvalue weighted by atomic mass is 16.4. The fourth-order valence-electron chi connectivity index (χ4n) is 3.46. The molecular formula is C17H25NO2. The molecule has 0 amide bonds. The molecular weight excluding hydrogens is 250 g/mol. The standard InChI is InChI=1S/C17H25NO2/c1-13(2)17(14-8-4-3-5-9-14)18(12-16(19)20)15-10-6-7-11-15/h3-5,8-9,13,15,17H,6-7,10-12H2,1-2H3,(H,19,20). The van der Waals surface area contributed by atoms with Crippen LogP contribution < -0.4 is 0 Å². The van der Waals surface area contributed by atoms with Crippen molar-refractivity contribution in [1.29, 1.82) is 0 Å². The van der Waals surface area contributed by atoms with E-state index in [1.54, 1.807) is 0 Å². The second-order valence-electron chi connectivity index (χ2n) is 6.10. The number of carbonyl (C=O) groups is 1. The average Bonchev–Trinajstić information content (AvgIpc) is 2.92. The molecule has 1 fully saturated rings. The number of rotatable bonds is 6. The number of hydrogen-bond donors (Lipinski definition) is 1. The molecule has 0 aliphatic heterocycles. The zero-order valence-electron chi connectivity index (χ0n) is 12.5. The second-order valence-corrected chi connectivity index (χ2v) is 6.10. The first kappa shape index (κ1) is 15.0. The van der Waals surface area contributed by atoms with Gasteiger partial charge < -0.3 is 5.11 Å². The van der Waals surface area contributed by atoms with Gasteiger partial charge in [0.05, 0.1) is 6.54 Å². The highest BCUT2D eigenvalue weighted by Gasteiger charge is 2.32. The molecule has 1 N–H and O–H groups in total. The molecule has 0 radical (unpaired) electrons. The van der Waals surface area contributed by atoms with Gasteiger partial charge in [-0.25, -0.2) is 0 Å². The maximum Gasteiger partial charge on any atom is 0.317 e. The number of carboxylic acids is 1. The van der Waals surface area contributed by atoms with Crippen LogP contribution in [0.4, 0.5) is 0 Å². The molecule has 1 aromatic carbocycles. The van der Waals surface area contributed by atoms with E-state index in [2.05, 4.69) is 30.9 Å². The minimum absolute atomic E-state index is 0.141. The molecule has 3 nitrogen and oxygen atoms in total. The normalized spacial score (nSPS) is 17.8. The van der Waals surface area contributed by atoms with Crippen molar-refractivity contribution in [1.82, 2.24) is 4.90 Å². The highest BCUT2D eigenvalue weighted by molar-refractivity contribution is 5.69. The Balaban J connectivity index is 2.28. The predicted octanol–water partition coefficient (Wildman–Crippen LogP) is 3.71. The number of hydrogen-bond acceptors (Lipinski definition) is 2. The van der Waals surface area contributed by atoms with Gasteiger partial charge in [0, 0.05) is 12.1 Å². The molecule has 1 aliphatic rings. The topological polar surface area (TPSA) is 40.5 Å². The van der Waals surface area contributed by atoms with Gasteiger partial charge in [-0.3, -0.25) is 9.69 Å². The average molecular weight is 275 g/mol. The molecule has 2 rings (SSSR count). The number of aliphatic carboxylic acids is 1. The van der Waals surface area contributed by atoms with Crippen molar-refractivity contribution in [3.63, 3.8) is 0 Å². The van der Waals surface area contributed by atoms with Crippen molar-refractivity contribution in [3.8, 4) is 0 Å². The molecule has 0 heterocycles. The number of benzene rings is 1. The molecule has 1 aromatic rings. The van der Waals surface area contributed by atoms with E-state index in [4.69, 9.17) is 0 Å². The van der Waals surface area contributed by atoms with Crippen LogP contribution >= 0.6 is 0 Å². The van der Waals surface area contributed by atoms with Crippen molar-refractivity contribution < 1.29 is 9.90 Å². The smallest absolute Gasteiger partial charge is 0.317 e. The van der Waals surface area contributed by atoms with E-state index in [-0.39, 0.29) is 12.6 Å². The summed E-state index contributed by atoms with van der Waals surface area (Å²) in [5.41, 5.74) is 1.23. The SMILES string of the molecule is CC(C)C(c1ccccc1)N(CC(=O)O)C1CCCC1. The van der Waals surface area contributed by atoms with Crippen LogP contribution in [0.25, 0.3) is 0 Å². The molecule has 20 heavy (non-hydrogen) atoms. The van der Waals surface area contributed by atoms with Gasteiger partial charge in [-0.15, -0.1) is 0 Å². The second kappa shape index (κ2) is 6.89. The van der Waals surface area contributed by atoms with Crippen LogP contribution in [0.2, 0.25) is 0 Å². The Morgan fingerprint density at radius 3 is 2.35 bits per heavy atom. The zero-order chi connectivity index (χ0) is 14.5. The quantitative estimate of drug-likeness (QED) is 0.860. The number of carboxylic acid groups (broad SMARTS) is 1. The van der Waals surface area contributed by atoms with Gasteiger partial charge in [-0.1, -0.05) is 57.0 Å². The molecule has 3 heteroatoms. The maximum absolute atomic E-state index is 11.3. The van der Waals surface area contributed by atoms with Crippen LogP contribution in [-0.2, 0) is 4.79 Å². The van der Waals surface area contributed by atoms with Gasteiger partial charge in [0.2, 0.25) is 0 Å². The monoisotopic (exact) mass is 275 g/mol. The Labute approximate surface area is 121 Å². The molecule has 1 saturated carbocycles. The van der Waals surface area contributed by atoms with E-state index < -0.39 is 5.97 Å². The van der Waals surface area contributed by atoms with E-state index in [1.165, 1.54) is 18.4 Å². The molecule has 0 aromatic heterocycles. The molecule has 0 bridgehead atoms. The lowest BCUT2D eigenvalue weighted by atomic mass is 9.92. The van der Waals surface area contributed by atoms with Gasteiger partial charge in [0.25, 0.3) is 0 Å². The van der Waals surface area contributed by atoms with Crippen molar-refractivity contribution >= 4 is 5.97 Å². The Morgan fingerprint density at radius 2 is 1.85 bits per heavy atom.